The van der Waals surface area contributed by atoms with Crippen LogP contribution in [-0.2, 0) is 14.3 Å². The summed E-state index contributed by atoms with van der Waals surface area (Å²) >= 11 is 0. The molecule has 2 rings (SSSR count). The molecular weight excluding hydrogens is 564 g/mol. The standard InChI is InChI=1S/C35H56O9/c1-23-12-9-7-8-10-14-28(41-5)15-11-13-27(36)20-32(24(2)22-43-30-18-16-29(42-6)17-19-30)44-33(38)21-31(37)25(3)35(40)26(4)34(23)39/h7-10,16-19,23-28,31-32,34-37,39-40H,11-15,20-22H2,1-6H3/b9-7+,10-8-/t23-,24+,25+,26-,27+,28+,31+,32-,34+,35-/m0/s1. The van der Waals surface area contributed by atoms with E-state index in [2.05, 4.69) is 0 Å². The number of allylic oxidation sites excluding steroid dienone is 3. The number of hydrogen-bond acceptors (Lipinski definition) is 9. The number of rotatable bonds is 6. The lowest BCUT2D eigenvalue weighted by atomic mass is 9.81. The monoisotopic (exact) mass is 620 g/mol. The number of aliphatic hydroxyl groups excluding tert-OH is 4. The van der Waals surface area contributed by atoms with E-state index in [0.717, 1.165) is 19.3 Å². The number of ether oxygens (including phenoxy) is 4. The van der Waals surface area contributed by atoms with Crippen molar-refractivity contribution in [2.45, 2.75) is 109 Å². The Labute approximate surface area is 263 Å². The summed E-state index contributed by atoms with van der Waals surface area (Å²) in [5.74, 6) is -0.840. The fraction of sp³-hybridized carbons (Fsp3) is 0.686. The van der Waals surface area contributed by atoms with Crippen LogP contribution < -0.4 is 9.47 Å². The van der Waals surface area contributed by atoms with E-state index in [9.17, 15) is 25.2 Å². The first-order valence-corrected chi connectivity index (χ1v) is 16.0. The maximum atomic E-state index is 13.1. The van der Waals surface area contributed by atoms with E-state index in [1.165, 1.54) is 0 Å². The van der Waals surface area contributed by atoms with E-state index in [4.69, 9.17) is 18.9 Å². The molecule has 1 aliphatic heterocycles. The van der Waals surface area contributed by atoms with Gasteiger partial charge < -0.3 is 39.4 Å². The highest BCUT2D eigenvalue weighted by atomic mass is 16.5. The van der Waals surface area contributed by atoms with Crippen LogP contribution >= 0.6 is 0 Å². The third kappa shape index (κ3) is 12.9. The van der Waals surface area contributed by atoms with Crippen molar-refractivity contribution in [2.75, 3.05) is 20.8 Å². The zero-order chi connectivity index (χ0) is 32.6. The summed E-state index contributed by atoms with van der Waals surface area (Å²) in [4.78, 5) is 13.1. The molecule has 0 spiro atoms. The number of methoxy groups -OCH3 is 2. The van der Waals surface area contributed by atoms with Crippen LogP contribution in [0.4, 0.5) is 0 Å². The van der Waals surface area contributed by atoms with Gasteiger partial charge in [0.2, 0.25) is 0 Å². The van der Waals surface area contributed by atoms with Crippen molar-refractivity contribution in [2.24, 2.45) is 23.7 Å². The third-order valence-corrected chi connectivity index (χ3v) is 8.86. The molecule has 0 saturated carbocycles. The first-order valence-electron chi connectivity index (χ1n) is 16.0. The number of carbonyl (C=O) groups is 1. The van der Waals surface area contributed by atoms with Gasteiger partial charge in [0.25, 0.3) is 0 Å². The molecule has 10 atom stereocenters. The Morgan fingerprint density at radius 2 is 1.52 bits per heavy atom. The summed E-state index contributed by atoms with van der Waals surface area (Å²) in [6, 6.07) is 7.18. The Hall–Kier alpha value is -2.43. The van der Waals surface area contributed by atoms with E-state index < -0.39 is 48.3 Å². The number of aliphatic hydroxyl groups is 4. The molecule has 4 N–H and O–H groups in total. The Balaban J connectivity index is 2.19. The molecule has 0 aromatic heterocycles. The van der Waals surface area contributed by atoms with Crippen LogP contribution in [0.1, 0.15) is 72.6 Å². The van der Waals surface area contributed by atoms with Gasteiger partial charge in [0.1, 0.15) is 17.6 Å². The number of hydrogen-bond donors (Lipinski definition) is 4. The Kier molecular flexibility index (Phi) is 17.0. The average Bonchev–Trinajstić information content (AvgIpc) is 3.01. The fourth-order valence-corrected chi connectivity index (χ4v) is 5.52. The predicted octanol–water partition coefficient (Wildman–Crippen LogP) is 4.85. The number of carbonyl (C=O) groups excluding carboxylic acids is 1. The van der Waals surface area contributed by atoms with Gasteiger partial charge >= 0.3 is 5.97 Å². The summed E-state index contributed by atoms with van der Waals surface area (Å²) in [6.07, 6.45) is 6.89. The molecular formula is C35H56O9. The largest absolute Gasteiger partial charge is 0.497 e. The number of esters is 1. The summed E-state index contributed by atoms with van der Waals surface area (Å²) in [5, 5.41) is 43.7. The normalized spacial score (nSPS) is 34.4. The first kappa shape index (κ1) is 37.8. The predicted molar refractivity (Wildman–Crippen MR) is 170 cm³/mol. The van der Waals surface area contributed by atoms with Crippen molar-refractivity contribution in [1.29, 1.82) is 0 Å². The van der Waals surface area contributed by atoms with E-state index in [1.54, 1.807) is 52.3 Å². The van der Waals surface area contributed by atoms with Crippen molar-refractivity contribution in [1.82, 2.24) is 0 Å². The van der Waals surface area contributed by atoms with Gasteiger partial charge in [-0.2, -0.15) is 0 Å². The minimum Gasteiger partial charge on any atom is -0.497 e. The van der Waals surface area contributed by atoms with Gasteiger partial charge in [-0.1, -0.05) is 52.0 Å². The maximum absolute atomic E-state index is 13.1. The van der Waals surface area contributed by atoms with Crippen molar-refractivity contribution >= 4 is 5.97 Å². The number of cyclic esters (lactones) is 1. The second-order valence-corrected chi connectivity index (χ2v) is 12.4. The Bertz CT molecular complexity index is 994. The van der Waals surface area contributed by atoms with Crippen LogP contribution in [0.15, 0.2) is 48.6 Å². The van der Waals surface area contributed by atoms with E-state index in [1.807, 2.05) is 38.2 Å². The minimum absolute atomic E-state index is 0.0155. The second kappa shape index (κ2) is 19.9. The minimum atomic E-state index is -1.17. The first-order chi connectivity index (χ1) is 21.0. The molecule has 0 aliphatic carbocycles. The maximum Gasteiger partial charge on any atom is 0.308 e. The molecule has 1 aromatic carbocycles. The van der Waals surface area contributed by atoms with E-state index in [-0.39, 0.29) is 37.4 Å². The van der Waals surface area contributed by atoms with Gasteiger partial charge in [-0.25, -0.2) is 0 Å². The highest BCUT2D eigenvalue weighted by Crippen LogP contribution is 2.27. The van der Waals surface area contributed by atoms with Crippen molar-refractivity contribution in [3.63, 3.8) is 0 Å². The SMILES string of the molecule is COc1ccc(OC[C@@H](C)[C@@H]2C[C@H](O)CCC[C@H](OC)C/C=C\C=C\C[C@H](C)[C@@H](O)[C@H](C)[C@@H](O)[C@H](C)[C@H](O)CC(=O)O2)cc1. The second-order valence-electron chi connectivity index (χ2n) is 12.4. The molecule has 0 unspecified atom stereocenters. The Morgan fingerprint density at radius 1 is 0.886 bits per heavy atom. The topological polar surface area (TPSA) is 135 Å². The van der Waals surface area contributed by atoms with Crippen molar-refractivity contribution in [3.05, 3.63) is 48.6 Å². The molecule has 0 bridgehead atoms. The van der Waals surface area contributed by atoms with Gasteiger partial charge in [-0.05, 0) is 62.3 Å². The molecule has 0 radical (unpaired) electrons. The van der Waals surface area contributed by atoms with Gasteiger partial charge in [0, 0.05) is 31.3 Å². The molecule has 1 aliphatic rings. The van der Waals surface area contributed by atoms with Gasteiger partial charge in [-0.3, -0.25) is 4.79 Å². The molecule has 250 valence electrons. The Morgan fingerprint density at radius 3 is 2.16 bits per heavy atom. The van der Waals surface area contributed by atoms with Gasteiger partial charge in [-0.15, -0.1) is 0 Å². The molecule has 0 fully saturated rings. The van der Waals surface area contributed by atoms with Crippen molar-refractivity contribution in [3.8, 4) is 11.5 Å². The third-order valence-electron chi connectivity index (χ3n) is 8.86. The van der Waals surface area contributed by atoms with E-state index >= 15 is 0 Å². The lowest BCUT2D eigenvalue weighted by Gasteiger charge is -2.33. The quantitative estimate of drug-likeness (QED) is 0.330. The highest BCUT2D eigenvalue weighted by molar-refractivity contribution is 5.70. The lowest BCUT2D eigenvalue weighted by molar-refractivity contribution is -0.158. The lowest BCUT2D eigenvalue weighted by Crippen LogP contribution is -2.42. The zero-order valence-electron chi connectivity index (χ0n) is 27.4. The van der Waals surface area contributed by atoms with Crippen LogP contribution in [-0.4, -0.2) is 83.8 Å². The molecule has 9 nitrogen and oxygen atoms in total. The van der Waals surface area contributed by atoms with Gasteiger partial charge in [0.15, 0.2) is 0 Å². The zero-order valence-corrected chi connectivity index (χ0v) is 27.4. The van der Waals surface area contributed by atoms with E-state index in [0.29, 0.717) is 24.3 Å². The van der Waals surface area contributed by atoms with Crippen LogP contribution in [0.5, 0.6) is 11.5 Å². The smallest absolute Gasteiger partial charge is 0.308 e. The number of benzene rings is 1. The molecule has 1 aromatic rings. The summed E-state index contributed by atoms with van der Waals surface area (Å²) in [6.45, 7) is 7.48. The van der Waals surface area contributed by atoms with Gasteiger partial charge in [0.05, 0.1) is 50.7 Å². The highest BCUT2D eigenvalue weighted by Gasteiger charge is 2.35. The van der Waals surface area contributed by atoms with Crippen LogP contribution in [0.3, 0.4) is 0 Å². The summed E-state index contributed by atoms with van der Waals surface area (Å²) < 4.78 is 22.6. The average molecular weight is 621 g/mol. The van der Waals surface area contributed by atoms with Crippen LogP contribution in [0.2, 0.25) is 0 Å². The van der Waals surface area contributed by atoms with Crippen LogP contribution in [0, 0.1) is 23.7 Å². The van der Waals surface area contributed by atoms with Crippen molar-refractivity contribution < 1.29 is 44.2 Å². The molecule has 9 heteroatoms. The molecule has 1 heterocycles. The summed E-state index contributed by atoms with van der Waals surface area (Å²) in [5.41, 5.74) is 0. The molecule has 44 heavy (non-hydrogen) atoms. The fourth-order valence-electron chi connectivity index (χ4n) is 5.52. The summed E-state index contributed by atoms with van der Waals surface area (Å²) in [7, 11) is 3.28. The molecule has 0 amide bonds. The van der Waals surface area contributed by atoms with Crippen LogP contribution in [0.25, 0.3) is 0 Å². The molecule has 0 saturated heterocycles.